The third-order valence-corrected chi connectivity index (χ3v) is 10.5. The Morgan fingerprint density at radius 2 is 1.64 bits per heavy atom. The van der Waals surface area contributed by atoms with Gasteiger partial charge in [-0.15, -0.1) is 0 Å². The molecule has 4 aliphatic rings. The summed E-state index contributed by atoms with van der Waals surface area (Å²) in [4.78, 5) is 0. The van der Waals surface area contributed by atoms with Gasteiger partial charge in [-0.3, -0.25) is 0 Å². The molecule has 0 aromatic rings. The van der Waals surface area contributed by atoms with E-state index in [1.807, 2.05) is 6.92 Å². The van der Waals surface area contributed by atoms with Crippen molar-refractivity contribution in [3.05, 3.63) is 0 Å². The molecule has 0 spiro atoms. The molecule has 4 fully saturated rings. The highest BCUT2D eigenvalue weighted by atomic mass is 16.4. The number of aliphatic hydroxyl groups is 5. The third-order valence-electron chi connectivity index (χ3n) is 10.5. The number of aliphatic hydroxyl groups excluding tert-OH is 4. The van der Waals surface area contributed by atoms with Crippen molar-refractivity contribution in [1.82, 2.24) is 0 Å². The lowest BCUT2D eigenvalue weighted by Gasteiger charge is -2.62. The second-order valence-corrected chi connectivity index (χ2v) is 11.4. The molecule has 10 atom stereocenters. The van der Waals surface area contributed by atoms with Crippen LogP contribution in [0.3, 0.4) is 0 Å². The minimum Gasteiger partial charge on any atom is -0.394 e. The molecule has 0 unspecified atom stereocenters. The molecule has 0 aliphatic heterocycles. The molecule has 0 aromatic heterocycles. The summed E-state index contributed by atoms with van der Waals surface area (Å²) in [7, 11) is 0. The number of fused-ring (bicyclic) bond motifs is 5. The van der Waals surface area contributed by atoms with Crippen LogP contribution in [-0.4, -0.2) is 56.1 Å². The van der Waals surface area contributed by atoms with Gasteiger partial charge in [0.05, 0.1) is 24.4 Å². The van der Waals surface area contributed by atoms with Crippen molar-refractivity contribution in [3.8, 4) is 0 Å². The van der Waals surface area contributed by atoms with Crippen LogP contribution < -0.4 is 0 Å². The Hall–Kier alpha value is -0.200. The van der Waals surface area contributed by atoms with Gasteiger partial charge in [-0.2, -0.15) is 0 Å². The van der Waals surface area contributed by atoms with Crippen LogP contribution in [0.15, 0.2) is 0 Å². The smallest absolute Gasteiger partial charge is 0.106 e. The zero-order valence-corrected chi connectivity index (χ0v) is 17.8. The standard InChI is InChI=1S/C23H40O5/c1-20-8-4-5-15-16-7-10-23(28,18(27)13-24)22(16,3)12-17(26)19(15)21(20,2)9-6-14(25)11-20/h14-19,24-28H,4-13H2,1-3H3/t14-,15-,16+,17+,18-,19-,20-,21-,22+,23+/m1/s1. The van der Waals surface area contributed by atoms with Crippen LogP contribution in [0.25, 0.3) is 0 Å². The first-order valence-electron chi connectivity index (χ1n) is 11.4. The highest BCUT2D eigenvalue weighted by Crippen LogP contribution is 2.70. The van der Waals surface area contributed by atoms with Crippen LogP contribution in [0.1, 0.15) is 78.6 Å². The van der Waals surface area contributed by atoms with Crippen LogP contribution in [-0.2, 0) is 0 Å². The third kappa shape index (κ3) is 2.56. The van der Waals surface area contributed by atoms with Gasteiger partial charge in [-0.25, -0.2) is 0 Å². The Balaban J connectivity index is 1.74. The molecule has 5 nitrogen and oxygen atoms in total. The van der Waals surface area contributed by atoms with Crippen molar-refractivity contribution in [1.29, 1.82) is 0 Å². The van der Waals surface area contributed by atoms with Crippen molar-refractivity contribution in [2.75, 3.05) is 6.61 Å². The summed E-state index contributed by atoms with van der Waals surface area (Å²) in [5.41, 5.74) is -1.92. The lowest BCUT2D eigenvalue weighted by molar-refractivity contribution is -0.218. The van der Waals surface area contributed by atoms with E-state index in [2.05, 4.69) is 13.8 Å². The Labute approximate surface area is 169 Å². The Bertz CT molecular complexity index is 612. The largest absolute Gasteiger partial charge is 0.394 e. The van der Waals surface area contributed by atoms with E-state index in [4.69, 9.17) is 0 Å². The second kappa shape index (κ2) is 6.65. The first-order chi connectivity index (χ1) is 13.0. The Kier molecular flexibility index (Phi) is 5.00. The van der Waals surface area contributed by atoms with Crippen molar-refractivity contribution in [2.24, 2.45) is 34.0 Å². The minimum atomic E-state index is -1.34. The zero-order valence-electron chi connectivity index (χ0n) is 17.8. The monoisotopic (exact) mass is 396 g/mol. The molecule has 28 heavy (non-hydrogen) atoms. The summed E-state index contributed by atoms with van der Waals surface area (Å²) >= 11 is 0. The van der Waals surface area contributed by atoms with E-state index in [0.29, 0.717) is 18.8 Å². The molecule has 4 saturated carbocycles. The maximum absolute atomic E-state index is 11.5. The zero-order chi connectivity index (χ0) is 20.5. The maximum Gasteiger partial charge on any atom is 0.106 e. The summed E-state index contributed by atoms with van der Waals surface area (Å²) in [6, 6.07) is 0. The predicted octanol–water partition coefficient (Wildman–Crippen LogP) is 2.23. The topological polar surface area (TPSA) is 101 Å². The molecule has 4 aliphatic carbocycles. The fourth-order valence-electron chi connectivity index (χ4n) is 8.70. The molecule has 5 heteroatoms. The van der Waals surface area contributed by atoms with E-state index in [-0.39, 0.29) is 28.8 Å². The van der Waals surface area contributed by atoms with E-state index in [9.17, 15) is 25.5 Å². The van der Waals surface area contributed by atoms with Crippen molar-refractivity contribution >= 4 is 0 Å². The molecule has 0 saturated heterocycles. The van der Waals surface area contributed by atoms with Crippen LogP contribution in [0.5, 0.6) is 0 Å². The van der Waals surface area contributed by atoms with Crippen molar-refractivity contribution in [2.45, 2.75) is 102 Å². The maximum atomic E-state index is 11.5. The summed E-state index contributed by atoms with van der Waals surface area (Å²) in [5, 5.41) is 53.3. The average molecular weight is 397 g/mol. The number of rotatable bonds is 2. The molecule has 0 heterocycles. The van der Waals surface area contributed by atoms with Gasteiger partial charge in [0.1, 0.15) is 6.10 Å². The van der Waals surface area contributed by atoms with Gasteiger partial charge < -0.3 is 25.5 Å². The molecule has 0 amide bonds. The quantitative estimate of drug-likeness (QED) is 0.493. The Morgan fingerprint density at radius 3 is 2.32 bits per heavy atom. The van der Waals surface area contributed by atoms with Gasteiger partial charge in [0, 0.05) is 5.41 Å². The van der Waals surface area contributed by atoms with E-state index in [1.54, 1.807) is 0 Å². The predicted molar refractivity (Wildman–Crippen MR) is 106 cm³/mol. The molecule has 0 radical (unpaired) electrons. The van der Waals surface area contributed by atoms with Crippen LogP contribution in [0.2, 0.25) is 0 Å². The highest BCUT2D eigenvalue weighted by molar-refractivity contribution is 5.18. The van der Waals surface area contributed by atoms with Crippen LogP contribution >= 0.6 is 0 Å². The fraction of sp³-hybridized carbons (Fsp3) is 1.00. The van der Waals surface area contributed by atoms with Crippen LogP contribution in [0, 0.1) is 34.0 Å². The minimum absolute atomic E-state index is 0.0234. The molecular formula is C23H40O5. The summed E-state index contributed by atoms with van der Waals surface area (Å²) in [6.45, 7) is 6.24. The van der Waals surface area contributed by atoms with Crippen molar-refractivity contribution in [3.63, 3.8) is 0 Å². The average Bonchev–Trinajstić information content (AvgIpc) is 2.82. The lowest BCUT2D eigenvalue weighted by atomic mass is 9.44. The molecule has 4 rings (SSSR count). The summed E-state index contributed by atoms with van der Waals surface area (Å²) < 4.78 is 0. The van der Waals surface area contributed by atoms with Gasteiger partial charge in [-0.05, 0) is 80.0 Å². The van der Waals surface area contributed by atoms with E-state index < -0.39 is 29.8 Å². The van der Waals surface area contributed by atoms with Gasteiger partial charge >= 0.3 is 0 Å². The second-order valence-electron chi connectivity index (χ2n) is 11.4. The molecule has 5 N–H and O–H groups in total. The van der Waals surface area contributed by atoms with E-state index >= 15 is 0 Å². The molecular weight excluding hydrogens is 356 g/mol. The van der Waals surface area contributed by atoms with E-state index in [1.165, 1.54) is 0 Å². The Morgan fingerprint density at radius 1 is 0.929 bits per heavy atom. The molecule has 0 aromatic carbocycles. The summed E-state index contributed by atoms with van der Waals surface area (Å²) in [6.07, 6.45) is 5.62. The van der Waals surface area contributed by atoms with Gasteiger partial charge in [0.15, 0.2) is 0 Å². The fourth-order valence-corrected chi connectivity index (χ4v) is 8.70. The molecule has 162 valence electrons. The van der Waals surface area contributed by atoms with Crippen LogP contribution in [0.4, 0.5) is 0 Å². The number of hydrogen-bond donors (Lipinski definition) is 5. The lowest BCUT2D eigenvalue weighted by Crippen LogP contribution is -2.63. The number of hydrogen-bond acceptors (Lipinski definition) is 5. The van der Waals surface area contributed by atoms with E-state index in [0.717, 1.165) is 44.9 Å². The first-order valence-corrected chi connectivity index (χ1v) is 11.4. The first kappa shape index (κ1) is 21.0. The summed E-state index contributed by atoms with van der Waals surface area (Å²) in [5.74, 6) is 0.730. The van der Waals surface area contributed by atoms with Gasteiger partial charge in [-0.1, -0.05) is 27.2 Å². The van der Waals surface area contributed by atoms with Gasteiger partial charge in [0.2, 0.25) is 0 Å². The van der Waals surface area contributed by atoms with Gasteiger partial charge in [0.25, 0.3) is 0 Å². The SMILES string of the molecule is C[C@]12CCC[C@H]3[C@H]([C@@H](O)C[C@@]4(C)[C@H]3CC[C@]4(O)[C@H](O)CO)[C@@]1(C)CC[C@@H](O)C2. The van der Waals surface area contributed by atoms with Crippen molar-refractivity contribution < 1.29 is 25.5 Å². The molecule has 0 bridgehead atoms. The highest BCUT2D eigenvalue weighted by Gasteiger charge is 2.69. The normalized spacial score (nSPS) is 57.6.